The van der Waals surface area contributed by atoms with E-state index in [1.165, 1.54) is 35.1 Å². The molecule has 0 fully saturated rings. The molecule has 0 spiro atoms. The third-order valence-corrected chi connectivity index (χ3v) is 9.15. The summed E-state index contributed by atoms with van der Waals surface area (Å²) >= 11 is 4.74. The molecular formula is C37H36BrFN2O9S. The summed E-state index contributed by atoms with van der Waals surface area (Å²) < 4.78 is 49.6. The van der Waals surface area contributed by atoms with E-state index in [1.807, 2.05) is 6.92 Å². The van der Waals surface area contributed by atoms with Crippen LogP contribution in [-0.4, -0.2) is 50.0 Å². The Morgan fingerprint density at radius 3 is 2.43 bits per heavy atom. The van der Waals surface area contributed by atoms with Crippen molar-refractivity contribution in [3.8, 4) is 23.0 Å². The molecule has 0 saturated carbocycles. The zero-order valence-corrected chi connectivity index (χ0v) is 31.0. The quantitative estimate of drug-likeness (QED) is 0.150. The lowest BCUT2D eigenvalue weighted by Crippen LogP contribution is -2.40. The van der Waals surface area contributed by atoms with Crippen molar-refractivity contribution in [2.75, 3.05) is 33.5 Å². The van der Waals surface area contributed by atoms with Crippen LogP contribution in [0.25, 0.3) is 6.08 Å². The lowest BCUT2D eigenvalue weighted by atomic mass is 9.95. The molecule has 0 unspecified atom stereocenters. The normalized spacial score (nSPS) is 14.0. The van der Waals surface area contributed by atoms with Crippen LogP contribution in [0.15, 0.2) is 80.1 Å². The number of carbonyl (C=O) groups excluding carboxylic acids is 2. The number of esters is 2. The Balaban J connectivity index is 1.60. The van der Waals surface area contributed by atoms with Crippen LogP contribution in [0.2, 0.25) is 0 Å². The van der Waals surface area contributed by atoms with E-state index in [2.05, 4.69) is 25.7 Å². The van der Waals surface area contributed by atoms with Crippen molar-refractivity contribution in [2.45, 2.75) is 40.3 Å². The summed E-state index contributed by atoms with van der Waals surface area (Å²) in [7, 11) is 1.26. The van der Waals surface area contributed by atoms with Gasteiger partial charge in [-0.1, -0.05) is 29.5 Å². The zero-order valence-electron chi connectivity index (χ0n) is 28.6. The van der Waals surface area contributed by atoms with Crippen molar-refractivity contribution in [3.05, 3.63) is 113 Å². The zero-order chi connectivity index (χ0) is 36.7. The smallest absolute Gasteiger partial charge is 0.343 e. The Morgan fingerprint density at radius 2 is 1.73 bits per heavy atom. The topological polar surface area (TPSA) is 124 Å². The molecular weight excluding hydrogens is 747 g/mol. The standard InChI is InChI=1S/C37H36BrFN2O9S/c1-6-46-28-18-24(12-13-27(28)49-20-31(42)45-5)33-32(36(44)48-8-3)21(4)40-37-41(33)35(43)30(51-37)17-23-15-26(38)34(29(16-23)47-7-2)50-19-22-10-9-11-25(39)14-22/h9-18,33H,6-8,19-20H2,1-5H3/b30-17-/t33-/m1/s1. The van der Waals surface area contributed by atoms with E-state index >= 15 is 0 Å². The fourth-order valence-corrected chi connectivity index (χ4v) is 7.01. The van der Waals surface area contributed by atoms with Gasteiger partial charge in [-0.15, -0.1) is 0 Å². The number of allylic oxidation sites excluding steroid dienone is 1. The molecule has 1 aromatic heterocycles. The molecule has 0 saturated heterocycles. The number of thiazole rings is 1. The molecule has 0 amide bonds. The molecule has 3 aromatic carbocycles. The highest BCUT2D eigenvalue weighted by atomic mass is 79.9. The number of hydrogen-bond donors (Lipinski definition) is 0. The predicted octanol–water partition coefficient (Wildman–Crippen LogP) is 5.63. The largest absolute Gasteiger partial charge is 0.490 e. The second kappa shape index (κ2) is 16.8. The maximum absolute atomic E-state index is 14.3. The summed E-state index contributed by atoms with van der Waals surface area (Å²) in [5.74, 6) is -0.0792. The summed E-state index contributed by atoms with van der Waals surface area (Å²) in [6, 6.07) is 13.7. The minimum absolute atomic E-state index is 0.111. The molecule has 4 aromatic rings. The van der Waals surface area contributed by atoms with Crippen molar-refractivity contribution >= 4 is 45.3 Å². The van der Waals surface area contributed by atoms with Crippen molar-refractivity contribution in [3.63, 3.8) is 0 Å². The molecule has 1 aliphatic heterocycles. The maximum atomic E-state index is 14.3. The molecule has 0 radical (unpaired) electrons. The van der Waals surface area contributed by atoms with Crippen molar-refractivity contribution in [1.82, 2.24) is 4.57 Å². The van der Waals surface area contributed by atoms with Crippen molar-refractivity contribution in [1.29, 1.82) is 0 Å². The molecule has 0 bridgehead atoms. The molecule has 51 heavy (non-hydrogen) atoms. The molecule has 5 rings (SSSR count). The molecule has 0 N–H and O–H groups in total. The summed E-state index contributed by atoms with van der Waals surface area (Å²) in [6.45, 7) is 7.57. The van der Waals surface area contributed by atoms with Crippen LogP contribution in [0.5, 0.6) is 23.0 Å². The van der Waals surface area contributed by atoms with Crippen molar-refractivity contribution < 1.29 is 42.4 Å². The molecule has 1 atom stereocenters. The lowest BCUT2D eigenvalue weighted by Gasteiger charge is -2.25. The van der Waals surface area contributed by atoms with Crippen LogP contribution >= 0.6 is 27.3 Å². The second-order valence-electron chi connectivity index (χ2n) is 11.0. The molecule has 0 aliphatic carbocycles. The minimum Gasteiger partial charge on any atom is -0.490 e. The lowest BCUT2D eigenvalue weighted by molar-refractivity contribution is -0.143. The van der Waals surface area contributed by atoms with Gasteiger partial charge in [0.2, 0.25) is 0 Å². The number of benzene rings is 3. The molecule has 2 heterocycles. The van der Waals surface area contributed by atoms with Gasteiger partial charge in [0.15, 0.2) is 34.4 Å². The van der Waals surface area contributed by atoms with E-state index in [1.54, 1.807) is 69.3 Å². The Kier molecular flexibility index (Phi) is 12.3. The van der Waals surface area contributed by atoms with Gasteiger partial charge in [0, 0.05) is 0 Å². The van der Waals surface area contributed by atoms with Crippen molar-refractivity contribution in [2.24, 2.45) is 4.99 Å². The molecule has 1 aliphatic rings. The minimum atomic E-state index is -0.916. The summed E-state index contributed by atoms with van der Waals surface area (Å²) in [6.07, 6.45) is 1.71. The molecule has 268 valence electrons. The van der Waals surface area contributed by atoms with Gasteiger partial charge >= 0.3 is 11.9 Å². The number of fused-ring (bicyclic) bond motifs is 1. The van der Waals surface area contributed by atoms with Gasteiger partial charge < -0.3 is 28.4 Å². The number of hydrogen-bond acceptors (Lipinski definition) is 11. The fraction of sp³-hybridized carbons (Fsp3) is 0.297. The van der Waals surface area contributed by atoms with Gasteiger partial charge in [0.25, 0.3) is 5.56 Å². The fourth-order valence-electron chi connectivity index (χ4n) is 5.39. The Labute approximate surface area is 305 Å². The second-order valence-corrected chi connectivity index (χ2v) is 12.9. The van der Waals surface area contributed by atoms with E-state index in [4.69, 9.17) is 23.7 Å². The SMILES string of the molecule is CCOC(=O)C1=C(C)N=c2s/c(=C\c3cc(Br)c(OCc4cccc(F)c4)c(OCC)c3)c(=O)n2[C@@H]1c1ccc(OCC(=O)OC)c(OCC)c1. The average molecular weight is 784 g/mol. The van der Waals surface area contributed by atoms with Crippen LogP contribution in [0.3, 0.4) is 0 Å². The molecule has 14 heteroatoms. The monoisotopic (exact) mass is 782 g/mol. The summed E-state index contributed by atoms with van der Waals surface area (Å²) in [4.78, 5) is 44.5. The van der Waals surface area contributed by atoms with Crippen LogP contribution in [-0.2, 0) is 25.7 Å². The predicted molar refractivity (Wildman–Crippen MR) is 192 cm³/mol. The first-order valence-corrected chi connectivity index (χ1v) is 17.7. The summed E-state index contributed by atoms with van der Waals surface area (Å²) in [5, 5.41) is 0. The number of carbonyl (C=O) groups is 2. The third-order valence-electron chi connectivity index (χ3n) is 7.58. The number of methoxy groups -OCH3 is 1. The first kappa shape index (κ1) is 37.3. The van der Waals surface area contributed by atoms with Gasteiger partial charge in [-0.3, -0.25) is 9.36 Å². The molecule has 11 nitrogen and oxygen atoms in total. The number of halogens is 2. The summed E-state index contributed by atoms with van der Waals surface area (Å²) in [5.41, 5.74) is 2.03. The van der Waals surface area contributed by atoms with Gasteiger partial charge in [0.05, 0.1) is 53.2 Å². The highest BCUT2D eigenvalue weighted by Crippen LogP contribution is 2.39. The number of aromatic nitrogens is 1. The van der Waals surface area contributed by atoms with Gasteiger partial charge in [-0.2, -0.15) is 0 Å². The van der Waals surface area contributed by atoms with Gasteiger partial charge in [-0.05, 0) is 103 Å². The van der Waals surface area contributed by atoms with E-state index < -0.39 is 18.0 Å². The average Bonchev–Trinajstić information content (AvgIpc) is 3.40. The number of nitrogens with zero attached hydrogens (tertiary/aromatic N) is 2. The Bertz CT molecular complexity index is 2160. The third kappa shape index (κ3) is 8.51. The van der Waals surface area contributed by atoms with E-state index in [-0.39, 0.29) is 49.1 Å². The number of ether oxygens (including phenoxy) is 6. The Hall–Kier alpha value is -4.95. The highest BCUT2D eigenvalue weighted by Gasteiger charge is 2.34. The van der Waals surface area contributed by atoms with Crippen LogP contribution < -0.4 is 33.8 Å². The van der Waals surface area contributed by atoms with E-state index in [0.717, 1.165) is 0 Å². The van der Waals surface area contributed by atoms with Crippen LogP contribution in [0.4, 0.5) is 4.39 Å². The first-order valence-electron chi connectivity index (χ1n) is 16.1. The van der Waals surface area contributed by atoms with E-state index in [0.29, 0.717) is 60.0 Å². The van der Waals surface area contributed by atoms with Gasteiger partial charge in [-0.25, -0.2) is 19.0 Å². The van der Waals surface area contributed by atoms with Crippen LogP contribution in [0, 0.1) is 5.82 Å². The Morgan fingerprint density at radius 1 is 0.961 bits per heavy atom. The van der Waals surface area contributed by atoms with Gasteiger partial charge in [0.1, 0.15) is 12.4 Å². The van der Waals surface area contributed by atoms with E-state index in [9.17, 15) is 18.8 Å². The number of rotatable bonds is 14. The maximum Gasteiger partial charge on any atom is 0.343 e. The highest BCUT2D eigenvalue weighted by molar-refractivity contribution is 9.10. The van der Waals surface area contributed by atoms with Crippen LogP contribution in [0.1, 0.15) is 50.4 Å². The first-order chi connectivity index (χ1) is 24.6.